The molecule has 1 atom stereocenters. The summed E-state index contributed by atoms with van der Waals surface area (Å²) in [6, 6.07) is 11.6. The fourth-order valence-corrected chi connectivity index (χ4v) is 5.63. The van der Waals surface area contributed by atoms with E-state index in [2.05, 4.69) is 22.8 Å². The molecule has 2 aromatic carbocycles. The molecule has 2 aromatic rings. The van der Waals surface area contributed by atoms with Crippen LogP contribution in [0.3, 0.4) is 0 Å². The van der Waals surface area contributed by atoms with E-state index in [0.717, 1.165) is 50.5 Å². The third-order valence-corrected chi connectivity index (χ3v) is 8.12. The molecule has 0 aliphatic carbocycles. The highest BCUT2D eigenvalue weighted by molar-refractivity contribution is 5.69. The van der Waals surface area contributed by atoms with Crippen molar-refractivity contribution in [3.05, 3.63) is 36.4 Å². The molecule has 1 aliphatic heterocycles. The number of methoxy groups -OCH3 is 4. The van der Waals surface area contributed by atoms with Gasteiger partial charge >= 0.3 is 5.97 Å². The van der Waals surface area contributed by atoms with Crippen LogP contribution >= 0.6 is 0 Å². The predicted octanol–water partition coefficient (Wildman–Crippen LogP) is 6.75. The first kappa shape index (κ1) is 35.2. The summed E-state index contributed by atoms with van der Waals surface area (Å²) in [4.78, 5) is 17.6. The summed E-state index contributed by atoms with van der Waals surface area (Å²) in [5.74, 6) is 2.78. The van der Waals surface area contributed by atoms with E-state index in [1.807, 2.05) is 18.2 Å². The summed E-state index contributed by atoms with van der Waals surface area (Å²) in [7, 11) is 6.42. The van der Waals surface area contributed by atoms with Crippen molar-refractivity contribution < 1.29 is 33.2 Å². The third kappa shape index (κ3) is 11.3. The molecular formula is C35H54N2O7. The molecule has 246 valence electrons. The van der Waals surface area contributed by atoms with E-state index in [4.69, 9.17) is 28.4 Å². The molecule has 0 radical (unpaired) electrons. The average Bonchev–Trinajstić information content (AvgIpc) is 3.06. The fourth-order valence-electron chi connectivity index (χ4n) is 5.63. The zero-order valence-electron chi connectivity index (χ0n) is 27.6. The Hall–Kier alpha value is -3.33. The summed E-state index contributed by atoms with van der Waals surface area (Å²) in [6.07, 6.45) is 10.9. The summed E-state index contributed by atoms with van der Waals surface area (Å²) < 4.78 is 34.2. The number of ether oxygens (including phenoxy) is 6. The van der Waals surface area contributed by atoms with Crippen LogP contribution in [0.15, 0.2) is 36.4 Å². The first-order valence-electron chi connectivity index (χ1n) is 16.3. The van der Waals surface area contributed by atoms with E-state index in [0.29, 0.717) is 36.0 Å². The molecule has 1 saturated heterocycles. The molecule has 44 heavy (non-hydrogen) atoms. The van der Waals surface area contributed by atoms with E-state index in [-0.39, 0.29) is 12.6 Å². The van der Waals surface area contributed by atoms with Gasteiger partial charge in [-0.25, -0.2) is 0 Å². The van der Waals surface area contributed by atoms with Crippen LogP contribution in [0.2, 0.25) is 0 Å². The van der Waals surface area contributed by atoms with Crippen molar-refractivity contribution in [1.82, 2.24) is 4.90 Å². The highest BCUT2D eigenvalue weighted by Gasteiger charge is 2.25. The van der Waals surface area contributed by atoms with Crippen molar-refractivity contribution in [2.75, 3.05) is 72.7 Å². The van der Waals surface area contributed by atoms with Gasteiger partial charge in [-0.05, 0) is 18.6 Å². The number of hydrogen-bond acceptors (Lipinski definition) is 9. The number of carbonyl (C=O) groups excluding carboxylic acids is 1. The molecule has 1 unspecified atom stereocenters. The number of rotatable bonds is 21. The molecule has 0 N–H and O–H groups in total. The SMILES string of the molecule is CCCCCCCCCCCC(=O)OC(COc1cc(OC)c(OC)c(OC)c1)CN1CCN(c2ccccc2OC)CC1. The molecule has 3 rings (SSSR count). The number of anilines is 1. The van der Waals surface area contributed by atoms with E-state index >= 15 is 0 Å². The second-order valence-electron chi connectivity index (χ2n) is 11.3. The van der Waals surface area contributed by atoms with Gasteiger partial charge < -0.3 is 33.3 Å². The lowest BCUT2D eigenvalue weighted by molar-refractivity contribution is -0.151. The number of esters is 1. The number of hydrogen-bond donors (Lipinski definition) is 0. The first-order chi connectivity index (χ1) is 21.5. The fraction of sp³-hybridized carbons (Fsp3) is 0.629. The van der Waals surface area contributed by atoms with Gasteiger partial charge in [-0.15, -0.1) is 0 Å². The van der Waals surface area contributed by atoms with E-state index < -0.39 is 6.10 Å². The van der Waals surface area contributed by atoms with Crippen LogP contribution in [-0.4, -0.2) is 84.7 Å². The molecule has 0 bridgehead atoms. The van der Waals surface area contributed by atoms with E-state index in [1.165, 1.54) is 44.9 Å². The molecule has 9 nitrogen and oxygen atoms in total. The van der Waals surface area contributed by atoms with Crippen molar-refractivity contribution in [3.8, 4) is 28.7 Å². The maximum absolute atomic E-state index is 12.9. The summed E-state index contributed by atoms with van der Waals surface area (Å²) in [5.41, 5.74) is 1.10. The minimum atomic E-state index is -0.419. The lowest BCUT2D eigenvalue weighted by Gasteiger charge is -2.37. The Morgan fingerprint density at radius 2 is 1.34 bits per heavy atom. The van der Waals surface area contributed by atoms with Crippen molar-refractivity contribution in [3.63, 3.8) is 0 Å². The molecule has 0 aromatic heterocycles. The van der Waals surface area contributed by atoms with E-state index in [1.54, 1.807) is 40.6 Å². The summed E-state index contributed by atoms with van der Waals surface area (Å²) >= 11 is 0. The minimum Gasteiger partial charge on any atom is -0.495 e. The van der Waals surface area contributed by atoms with Gasteiger partial charge in [-0.3, -0.25) is 9.69 Å². The Kier molecular flexibility index (Phi) is 15.9. The lowest BCUT2D eigenvalue weighted by atomic mass is 10.1. The van der Waals surface area contributed by atoms with Gasteiger partial charge in [0.15, 0.2) is 11.5 Å². The number of para-hydroxylation sites is 2. The van der Waals surface area contributed by atoms with Gasteiger partial charge in [0.25, 0.3) is 0 Å². The largest absolute Gasteiger partial charge is 0.495 e. The monoisotopic (exact) mass is 614 g/mol. The summed E-state index contributed by atoms with van der Waals surface area (Å²) in [6.45, 7) is 6.44. The number of piperazine rings is 1. The van der Waals surface area contributed by atoms with Crippen LogP contribution in [0.4, 0.5) is 5.69 Å². The molecule has 0 spiro atoms. The predicted molar refractivity (Wildman–Crippen MR) is 175 cm³/mol. The molecule has 1 fully saturated rings. The third-order valence-electron chi connectivity index (χ3n) is 8.12. The van der Waals surface area contributed by atoms with Crippen molar-refractivity contribution in [2.45, 2.75) is 77.2 Å². The smallest absolute Gasteiger partial charge is 0.306 e. The topological polar surface area (TPSA) is 78.9 Å². The normalized spacial score (nSPS) is 14.2. The molecular weight excluding hydrogens is 560 g/mol. The number of nitrogens with zero attached hydrogens (tertiary/aromatic N) is 2. The molecule has 1 heterocycles. The van der Waals surface area contributed by atoms with Crippen LogP contribution < -0.4 is 28.6 Å². The Bertz CT molecular complexity index is 1080. The number of unbranched alkanes of at least 4 members (excludes halogenated alkanes) is 8. The van der Waals surface area contributed by atoms with Crippen molar-refractivity contribution >= 4 is 11.7 Å². The van der Waals surface area contributed by atoms with Gasteiger partial charge in [0, 0.05) is 51.3 Å². The summed E-state index contributed by atoms with van der Waals surface area (Å²) in [5, 5.41) is 0. The highest BCUT2D eigenvalue weighted by atomic mass is 16.6. The number of benzene rings is 2. The van der Waals surface area contributed by atoms with E-state index in [9.17, 15) is 4.79 Å². The van der Waals surface area contributed by atoms with Crippen LogP contribution in [0.1, 0.15) is 71.1 Å². The lowest BCUT2D eigenvalue weighted by Crippen LogP contribution is -2.50. The maximum Gasteiger partial charge on any atom is 0.306 e. The first-order valence-corrected chi connectivity index (χ1v) is 16.3. The zero-order valence-corrected chi connectivity index (χ0v) is 27.6. The van der Waals surface area contributed by atoms with Gasteiger partial charge in [0.05, 0.1) is 34.1 Å². The average molecular weight is 615 g/mol. The zero-order chi connectivity index (χ0) is 31.6. The maximum atomic E-state index is 12.9. The van der Waals surface area contributed by atoms with Crippen LogP contribution in [-0.2, 0) is 9.53 Å². The van der Waals surface area contributed by atoms with Gasteiger partial charge in [0.1, 0.15) is 24.2 Å². The second-order valence-corrected chi connectivity index (χ2v) is 11.3. The molecule has 0 amide bonds. The number of carbonyl (C=O) groups is 1. The Morgan fingerprint density at radius 3 is 1.93 bits per heavy atom. The van der Waals surface area contributed by atoms with Crippen LogP contribution in [0.25, 0.3) is 0 Å². The molecule has 1 aliphatic rings. The Labute approximate surface area is 264 Å². The standard InChI is InChI=1S/C35H54N2O7/c1-6-7-8-9-10-11-12-13-14-19-34(38)44-29(27-43-28-24-32(40-3)35(42-5)33(25-28)41-4)26-36-20-22-37(23-21-36)30-17-15-16-18-31(30)39-2/h15-18,24-25,29H,6-14,19-23,26-27H2,1-5H3. The Balaban J connectivity index is 1.56. The van der Waals surface area contributed by atoms with Crippen molar-refractivity contribution in [1.29, 1.82) is 0 Å². The van der Waals surface area contributed by atoms with Crippen molar-refractivity contribution in [2.24, 2.45) is 0 Å². The van der Waals surface area contributed by atoms with Gasteiger partial charge in [0.2, 0.25) is 5.75 Å². The van der Waals surface area contributed by atoms with Gasteiger partial charge in [-0.2, -0.15) is 0 Å². The highest BCUT2D eigenvalue weighted by Crippen LogP contribution is 2.40. The molecule has 0 saturated carbocycles. The Morgan fingerprint density at radius 1 is 0.750 bits per heavy atom. The second kappa shape index (κ2) is 19.8. The van der Waals surface area contributed by atoms with Crippen LogP contribution in [0.5, 0.6) is 28.7 Å². The quantitative estimate of drug-likeness (QED) is 0.112. The van der Waals surface area contributed by atoms with Crippen LogP contribution in [0, 0.1) is 0 Å². The van der Waals surface area contributed by atoms with Gasteiger partial charge in [-0.1, -0.05) is 70.4 Å². The molecule has 9 heteroatoms. The minimum absolute atomic E-state index is 0.168.